The molecule has 0 aromatic heterocycles. The van der Waals surface area contributed by atoms with Gasteiger partial charge in [0.05, 0.1) is 0 Å². The molecule has 1 aliphatic heterocycles. The Morgan fingerprint density at radius 1 is 1.14 bits per heavy atom. The number of halogens is 1. The maximum absolute atomic E-state index is 3.62. The van der Waals surface area contributed by atoms with Gasteiger partial charge in [0.2, 0.25) is 0 Å². The van der Waals surface area contributed by atoms with Gasteiger partial charge in [0.1, 0.15) is 0 Å². The van der Waals surface area contributed by atoms with Gasteiger partial charge in [-0.1, -0.05) is 28.1 Å². The number of aryl methyl sites for hydroxylation is 2. The van der Waals surface area contributed by atoms with E-state index in [1.807, 2.05) is 0 Å². The van der Waals surface area contributed by atoms with E-state index in [0.29, 0.717) is 0 Å². The molecule has 0 radical (unpaired) electrons. The second kappa shape index (κ2) is 5.72. The van der Waals surface area contributed by atoms with Gasteiger partial charge in [-0.2, -0.15) is 0 Å². The molecule has 110 valence electrons. The topological polar surface area (TPSA) is 15.3 Å². The van der Waals surface area contributed by atoms with E-state index in [1.54, 1.807) is 0 Å². The lowest BCUT2D eigenvalue weighted by Crippen LogP contribution is -2.12. The third kappa shape index (κ3) is 2.93. The van der Waals surface area contributed by atoms with Gasteiger partial charge in [-0.3, -0.25) is 0 Å². The van der Waals surface area contributed by atoms with Gasteiger partial charge < -0.3 is 10.2 Å². The van der Waals surface area contributed by atoms with E-state index in [0.717, 1.165) is 19.5 Å². The first-order valence-electron chi connectivity index (χ1n) is 7.38. The second-order valence-electron chi connectivity index (χ2n) is 5.91. The van der Waals surface area contributed by atoms with Gasteiger partial charge >= 0.3 is 0 Å². The van der Waals surface area contributed by atoms with Crippen LogP contribution in [0.1, 0.15) is 22.3 Å². The minimum atomic E-state index is 0.873. The van der Waals surface area contributed by atoms with E-state index in [9.17, 15) is 0 Å². The fourth-order valence-electron chi connectivity index (χ4n) is 2.98. The first-order chi connectivity index (χ1) is 10.0. The number of likely N-dealkylation sites (N-methyl/N-ethyl adjacent to an activating group) is 1. The molecular weight excluding hydrogens is 324 g/mol. The Balaban J connectivity index is 1.74. The van der Waals surface area contributed by atoms with Crippen LogP contribution in [0.4, 0.5) is 11.4 Å². The quantitative estimate of drug-likeness (QED) is 0.870. The summed E-state index contributed by atoms with van der Waals surface area (Å²) in [4.78, 5) is 2.33. The van der Waals surface area contributed by atoms with Crippen LogP contribution in [-0.4, -0.2) is 13.6 Å². The fraction of sp³-hybridized carbons (Fsp3) is 0.333. The van der Waals surface area contributed by atoms with Crippen molar-refractivity contribution in [3.05, 3.63) is 57.1 Å². The largest absolute Gasteiger partial charge is 0.381 e. The highest BCUT2D eigenvalue weighted by molar-refractivity contribution is 9.10. The van der Waals surface area contributed by atoms with Crippen LogP contribution in [0.5, 0.6) is 0 Å². The molecule has 21 heavy (non-hydrogen) atoms. The van der Waals surface area contributed by atoms with Crippen molar-refractivity contribution in [1.82, 2.24) is 0 Å². The van der Waals surface area contributed by atoms with Crippen LogP contribution >= 0.6 is 15.9 Å². The van der Waals surface area contributed by atoms with Gasteiger partial charge in [-0.25, -0.2) is 0 Å². The Labute approximate surface area is 135 Å². The number of benzene rings is 2. The predicted octanol–water partition coefficient (Wildman–Crippen LogP) is 4.67. The Kier molecular flexibility index (Phi) is 3.94. The molecule has 0 unspecified atom stereocenters. The summed E-state index contributed by atoms with van der Waals surface area (Å²) >= 11 is 3.62. The summed E-state index contributed by atoms with van der Waals surface area (Å²) in [5.74, 6) is 0. The average Bonchev–Trinajstić information content (AvgIpc) is 2.83. The standard InChI is InChI=1S/C18H21BrN2/c1-12-8-16(9-13(2)18(12)19)20-11-14-4-5-17-15(10-14)6-7-21(17)3/h4-5,8-10,20H,6-7,11H2,1-3H3. The smallest absolute Gasteiger partial charge is 0.0400 e. The average molecular weight is 345 g/mol. The first kappa shape index (κ1) is 14.5. The highest BCUT2D eigenvalue weighted by atomic mass is 79.9. The number of rotatable bonds is 3. The summed E-state index contributed by atoms with van der Waals surface area (Å²) in [5.41, 5.74) is 7.93. The maximum atomic E-state index is 3.62. The molecule has 2 aromatic rings. The van der Waals surface area contributed by atoms with Crippen molar-refractivity contribution in [2.75, 3.05) is 23.8 Å². The zero-order chi connectivity index (χ0) is 15.0. The summed E-state index contributed by atoms with van der Waals surface area (Å²) in [6.45, 7) is 6.27. The van der Waals surface area contributed by atoms with Crippen LogP contribution in [0.15, 0.2) is 34.8 Å². The minimum absolute atomic E-state index is 0.873. The van der Waals surface area contributed by atoms with Crippen LogP contribution < -0.4 is 10.2 Å². The molecule has 2 nitrogen and oxygen atoms in total. The Hall–Kier alpha value is -1.48. The van der Waals surface area contributed by atoms with Crippen LogP contribution in [-0.2, 0) is 13.0 Å². The third-order valence-electron chi connectivity index (χ3n) is 4.20. The summed E-state index contributed by atoms with van der Waals surface area (Å²) in [7, 11) is 2.16. The molecule has 3 rings (SSSR count). The monoisotopic (exact) mass is 344 g/mol. The van der Waals surface area contributed by atoms with Crippen molar-refractivity contribution in [1.29, 1.82) is 0 Å². The predicted molar refractivity (Wildman–Crippen MR) is 94.4 cm³/mol. The van der Waals surface area contributed by atoms with E-state index in [4.69, 9.17) is 0 Å². The molecule has 0 saturated carbocycles. The molecular formula is C18H21BrN2. The number of fused-ring (bicyclic) bond motifs is 1. The molecule has 0 saturated heterocycles. The lowest BCUT2D eigenvalue weighted by molar-refractivity contribution is 0.955. The minimum Gasteiger partial charge on any atom is -0.381 e. The first-order valence-corrected chi connectivity index (χ1v) is 8.17. The van der Waals surface area contributed by atoms with E-state index in [-0.39, 0.29) is 0 Å². The van der Waals surface area contributed by atoms with Crippen LogP contribution in [0, 0.1) is 13.8 Å². The van der Waals surface area contributed by atoms with Gasteiger partial charge in [0.15, 0.2) is 0 Å². The third-order valence-corrected chi connectivity index (χ3v) is 5.46. The van der Waals surface area contributed by atoms with Gasteiger partial charge in [-0.15, -0.1) is 0 Å². The van der Waals surface area contributed by atoms with Crippen LogP contribution in [0.2, 0.25) is 0 Å². The molecule has 2 aromatic carbocycles. The van der Waals surface area contributed by atoms with Gasteiger partial charge in [0, 0.05) is 36.0 Å². The maximum Gasteiger partial charge on any atom is 0.0400 e. The number of nitrogens with one attached hydrogen (secondary N) is 1. The van der Waals surface area contributed by atoms with E-state index < -0.39 is 0 Å². The van der Waals surface area contributed by atoms with Crippen molar-refractivity contribution >= 4 is 27.3 Å². The molecule has 0 aliphatic carbocycles. The van der Waals surface area contributed by atoms with Crippen LogP contribution in [0.3, 0.4) is 0 Å². The van der Waals surface area contributed by atoms with Crippen molar-refractivity contribution in [2.24, 2.45) is 0 Å². The van der Waals surface area contributed by atoms with E-state index in [1.165, 1.54) is 38.1 Å². The molecule has 1 N–H and O–H groups in total. The van der Waals surface area contributed by atoms with Crippen molar-refractivity contribution in [2.45, 2.75) is 26.8 Å². The molecule has 0 fully saturated rings. The normalized spacial score (nSPS) is 13.4. The fourth-order valence-corrected chi connectivity index (χ4v) is 3.21. The number of nitrogens with zero attached hydrogens (tertiary/aromatic N) is 1. The Morgan fingerprint density at radius 2 is 1.86 bits per heavy atom. The summed E-state index contributed by atoms with van der Waals surface area (Å²) < 4.78 is 1.20. The number of hydrogen-bond acceptors (Lipinski definition) is 2. The van der Waals surface area contributed by atoms with E-state index in [2.05, 4.69) is 77.4 Å². The molecule has 0 amide bonds. The Morgan fingerprint density at radius 3 is 2.57 bits per heavy atom. The highest BCUT2D eigenvalue weighted by Crippen LogP contribution is 2.28. The van der Waals surface area contributed by atoms with E-state index >= 15 is 0 Å². The van der Waals surface area contributed by atoms with Crippen LogP contribution in [0.25, 0.3) is 0 Å². The summed E-state index contributed by atoms with van der Waals surface area (Å²) in [5, 5.41) is 3.54. The second-order valence-corrected chi connectivity index (χ2v) is 6.71. The zero-order valence-corrected chi connectivity index (χ0v) is 14.4. The van der Waals surface area contributed by atoms with Crippen molar-refractivity contribution in [3.8, 4) is 0 Å². The lowest BCUT2D eigenvalue weighted by atomic mass is 10.1. The Bertz CT molecular complexity index is 656. The SMILES string of the molecule is Cc1cc(NCc2ccc3c(c2)CCN3C)cc(C)c1Br. The number of anilines is 2. The van der Waals surface area contributed by atoms with Crippen molar-refractivity contribution in [3.63, 3.8) is 0 Å². The molecule has 1 heterocycles. The zero-order valence-electron chi connectivity index (χ0n) is 12.8. The molecule has 1 aliphatic rings. The molecule has 0 atom stereocenters. The van der Waals surface area contributed by atoms with Gasteiger partial charge in [0.25, 0.3) is 0 Å². The number of hydrogen-bond donors (Lipinski definition) is 1. The molecule has 0 spiro atoms. The van der Waals surface area contributed by atoms with Crippen molar-refractivity contribution < 1.29 is 0 Å². The van der Waals surface area contributed by atoms with Gasteiger partial charge in [-0.05, 0) is 60.7 Å². The molecule has 0 bridgehead atoms. The highest BCUT2D eigenvalue weighted by Gasteiger charge is 2.15. The molecule has 3 heteroatoms. The summed E-state index contributed by atoms with van der Waals surface area (Å²) in [6, 6.07) is 11.2. The summed E-state index contributed by atoms with van der Waals surface area (Å²) in [6.07, 6.45) is 1.16. The lowest BCUT2D eigenvalue weighted by Gasteiger charge is -2.13.